The Kier molecular flexibility index (Phi) is 12.9. The molecule has 0 spiro atoms. The molecule has 125 valence electrons. The summed E-state index contributed by atoms with van der Waals surface area (Å²) in [6.07, 6.45) is 30.1. The van der Waals surface area contributed by atoms with E-state index >= 15 is 0 Å². The zero-order chi connectivity index (χ0) is 15.7. The molecule has 1 radical (unpaired) electrons. The minimum absolute atomic E-state index is 1.09. The van der Waals surface area contributed by atoms with Crippen LogP contribution < -0.4 is 5.32 Å². The van der Waals surface area contributed by atoms with Gasteiger partial charge < -0.3 is 0 Å². The molecule has 1 heteroatoms. The molecule has 0 atom stereocenters. The van der Waals surface area contributed by atoms with Crippen LogP contribution in [-0.4, -0.2) is 0 Å². The third-order valence-corrected chi connectivity index (χ3v) is 4.34. The lowest BCUT2D eigenvalue weighted by atomic mass is 10.0. The average Bonchev–Trinajstić information content (AvgIpc) is 3.04. The topological polar surface area (TPSA) is 14.1 Å². The molecule has 0 aromatic carbocycles. The summed E-state index contributed by atoms with van der Waals surface area (Å²) in [7, 11) is 0. The van der Waals surface area contributed by atoms with Crippen molar-refractivity contribution in [2.24, 2.45) is 0 Å². The van der Waals surface area contributed by atoms with Crippen LogP contribution in [0.5, 0.6) is 0 Å². The third kappa shape index (κ3) is 11.7. The van der Waals surface area contributed by atoms with Gasteiger partial charge in [0.15, 0.2) is 0 Å². The molecule has 1 aliphatic rings. The molecule has 0 aliphatic carbocycles. The van der Waals surface area contributed by atoms with E-state index in [1.807, 2.05) is 12.3 Å². The van der Waals surface area contributed by atoms with Crippen molar-refractivity contribution >= 4 is 0 Å². The number of nitrogens with zero attached hydrogens (tertiary/aromatic N) is 1. The van der Waals surface area contributed by atoms with Gasteiger partial charge in [-0.1, -0.05) is 90.0 Å². The molecule has 1 aliphatic heterocycles. The van der Waals surface area contributed by atoms with Gasteiger partial charge in [0.25, 0.3) is 0 Å². The van der Waals surface area contributed by atoms with E-state index < -0.39 is 0 Å². The SMILES string of the molecule is CCCCCCCCCCCCCCCC=CC1=CC=C[N]1. The highest BCUT2D eigenvalue weighted by Crippen LogP contribution is 2.13. The van der Waals surface area contributed by atoms with Crippen molar-refractivity contribution in [3.8, 4) is 0 Å². The number of allylic oxidation sites excluding steroid dienone is 4. The van der Waals surface area contributed by atoms with Crippen LogP contribution >= 0.6 is 0 Å². The Bertz CT molecular complexity index is 325. The molecule has 0 fully saturated rings. The van der Waals surface area contributed by atoms with Crippen molar-refractivity contribution in [1.29, 1.82) is 0 Å². The van der Waals surface area contributed by atoms with Crippen molar-refractivity contribution in [3.63, 3.8) is 0 Å². The molecule has 1 rings (SSSR count). The molecule has 0 unspecified atom stereocenters. The van der Waals surface area contributed by atoms with Crippen molar-refractivity contribution in [1.82, 2.24) is 5.32 Å². The predicted molar refractivity (Wildman–Crippen MR) is 98.8 cm³/mol. The van der Waals surface area contributed by atoms with E-state index in [1.54, 1.807) is 0 Å². The minimum Gasteiger partial charge on any atom is -0.257 e. The molecule has 0 amide bonds. The molecular formula is C21H36N. The third-order valence-electron chi connectivity index (χ3n) is 4.34. The van der Waals surface area contributed by atoms with Crippen LogP contribution in [0.1, 0.15) is 96.8 Å². The highest BCUT2D eigenvalue weighted by Gasteiger charge is 1.95. The largest absolute Gasteiger partial charge is 0.257 e. The summed E-state index contributed by atoms with van der Waals surface area (Å²) in [5.41, 5.74) is 1.09. The van der Waals surface area contributed by atoms with Crippen LogP contribution in [0.4, 0.5) is 0 Å². The highest BCUT2D eigenvalue weighted by molar-refractivity contribution is 5.28. The van der Waals surface area contributed by atoms with Gasteiger partial charge in [-0.05, 0) is 31.1 Å². The Hall–Kier alpha value is -0.980. The van der Waals surface area contributed by atoms with Gasteiger partial charge in [-0.25, -0.2) is 0 Å². The van der Waals surface area contributed by atoms with Crippen LogP contribution in [0.3, 0.4) is 0 Å². The molecule has 0 aromatic rings. The summed E-state index contributed by atoms with van der Waals surface area (Å²) in [4.78, 5) is 0. The van der Waals surface area contributed by atoms with E-state index in [-0.39, 0.29) is 0 Å². The fourth-order valence-corrected chi connectivity index (χ4v) is 2.90. The van der Waals surface area contributed by atoms with Crippen molar-refractivity contribution < 1.29 is 0 Å². The van der Waals surface area contributed by atoms with Gasteiger partial charge in [0.2, 0.25) is 0 Å². The smallest absolute Gasteiger partial charge is 0.0626 e. The van der Waals surface area contributed by atoms with Gasteiger partial charge in [0, 0.05) is 6.20 Å². The van der Waals surface area contributed by atoms with E-state index in [0.717, 1.165) is 5.70 Å². The summed E-state index contributed by atoms with van der Waals surface area (Å²) in [5, 5.41) is 4.23. The van der Waals surface area contributed by atoms with Crippen LogP contribution in [0, 0.1) is 0 Å². The van der Waals surface area contributed by atoms with E-state index in [1.165, 1.54) is 89.9 Å². The summed E-state index contributed by atoms with van der Waals surface area (Å²) >= 11 is 0. The van der Waals surface area contributed by atoms with E-state index in [9.17, 15) is 0 Å². The maximum absolute atomic E-state index is 4.23. The second-order valence-electron chi connectivity index (χ2n) is 6.50. The first-order valence-corrected chi connectivity index (χ1v) is 9.67. The molecular weight excluding hydrogens is 266 g/mol. The Morgan fingerprint density at radius 2 is 1.32 bits per heavy atom. The highest BCUT2D eigenvalue weighted by atomic mass is 14.9. The molecule has 0 bridgehead atoms. The van der Waals surface area contributed by atoms with Crippen molar-refractivity contribution in [3.05, 3.63) is 36.2 Å². The predicted octanol–water partition coefficient (Wildman–Crippen LogP) is 7.04. The van der Waals surface area contributed by atoms with Gasteiger partial charge in [-0.2, -0.15) is 0 Å². The van der Waals surface area contributed by atoms with E-state index in [0.29, 0.717) is 0 Å². The molecule has 1 heterocycles. The zero-order valence-corrected chi connectivity index (χ0v) is 14.7. The lowest BCUT2D eigenvalue weighted by Gasteiger charge is -2.02. The maximum atomic E-state index is 4.23. The number of unbranched alkanes of at least 4 members (excludes halogenated alkanes) is 13. The first-order valence-electron chi connectivity index (χ1n) is 9.67. The second kappa shape index (κ2) is 14.9. The monoisotopic (exact) mass is 302 g/mol. The lowest BCUT2D eigenvalue weighted by Crippen LogP contribution is -1.86. The standard InChI is InChI=1S/C21H36N/c1-2-3-4-5-6-7-8-9-10-11-12-13-14-15-16-18-21-19-17-20-22-21/h16-20H,2-15H2,1H3. The fourth-order valence-electron chi connectivity index (χ4n) is 2.90. The number of rotatable bonds is 15. The van der Waals surface area contributed by atoms with Crippen LogP contribution in [-0.2, 0) is 0 Å². The fraction of sp³-hybridized carbons (Fsp3) is 0.714. The van der Waals surface area contributed by atoms with E-state index in [2.05, 4.69) is 30.5 Å². The first-order chi connectivity index (χ1) is 10.9. The average molecular weight is 303 g/mol. The molecule has 0 saturated carbocycles. The van der Waals surface area contributed by atoms with Crippen molar-refractivity contribution in [2.75, 3.05) is 0 Å². The number of hydrogen-bond donors (Lipinski definition) is 0. The summed E-state index contributed by atoms with van der Waals surface area (Å²) in [6.45, 7) is 2.29. The Labute approximate surface area is 139 Å². The van der Waals surface area contributed by atoms with E-state index in [4.69, 9.17) is 0 Å². The number of hydrogen-bond acceptors (Lipinski definition) is 0. The summed E-state index contributed by atoms with van der Waals surface area (Å²) in [6, 6.07) is 0. The Balaban J connectivity index is 1.71. The normalized spacial score (nSPS) is 13.8. The molecule has 0 aromatic heterocycles. The summed E-state index contributed by atoms with van der Waals surface area (Å²) < 4.78 is 0. The van der Waals surface area contributed by atoms with Crippen LogP contribution in [0.2, 0.25) is 0 Å². The molecule has 1 nitrogen and oxygen atoms in total. The van der Waals surface area contributed by atoms with Gasteiger partial charge in [0.1, 0.15) is 0 Å². The maximum Gasteiger partial charge on any atom is 0.0626 e. The second-order valence-corrected chi connectivity index (χ2v) is 6.50. The zero-order valence-electron chi connectivity index (χ0n) is 14.7. The minimum atomic E-state index is 1.09. The van der Waals surface area contributed by atoms with Gasteiger partial charge >= 0.3 is 0 Å². The quantitative estimate of drug-likeness (QED) is 0.288. The van der Waals surface area contributed by atoms with Crippen LogP contribution in [0.25, 0.3) is 0 Å². The van der Waals surface area contributed by atoms with Gasteiger partial charge in [0.05, 0.1) is 5.70 Å². The van der Waals surface area contributed by atoms with Crippen molar-refractivity contribution in [2.45, 2.75) is 96.8 Å². The Morgan fingerprint density at radius 1 is 0.773 bits per heavy atom. The molecule has 0 saturated heterocycles. The lowest BCUT2D eigenvalue weighted by molar-refractivity contribution is 0.540. The summed E-state index contributed by atoms with van der Waals surface area (Å²) in [5.74, 6) is 0. The Morgan fingerprint density at radius 3 is 1.82 bits per heavy atom. The van der Waals surface area contributed by atoms with Gasteiger partial charge in [-0.15, -0.1) is 0 Å². The first kappa shape index (κ1) is 19.1. The van der Waals surface area contributed by atoms with Crippen LogP contribution in [0.15, 0.2) is 36.2 Å². The molecule has 0 N–H and O–H groups in total. The molecule has 22 heavy (non-hydrogen) atoms. The van der Waals surface area contributed by atoms with Gasteiger partial charge in [-0.3, -0.25) is 5.32 Å².